The molecular formula is C14H17F2NO. The van der Waals surface area contributed by atoms with E-state index in [1.165, 1.54) is 12.1 Å². The summed E-state index contributed by atoms with van der Waals surface area (Å²) in [6.07, 6.45) is 1.64. The maximum atomic E-state index is 14.3. The second kappa shape index (κ2) is 5.57. The Hall–Kier alpha value is -1.29. The van der Waals surface area contributed by atoms with Crippen molar-refractivity contribution in [1.29, 1.82) is 0 Å². The summed E-state index contributed by atoms with van der Waals surface area (Å²) < 4.78 is 28.1. The van der Waals surface area contributed by atoms with Gasteiger partial charge in [-0.1, -0.05) is 6.92 Å². The maximum absolute atomic E-state index is 14.3. The second-order valence-corrected chi connectivity index (χ2v) is 4.62. The molecule has 2 rings (SSSR count). The van der Waals surface area contributed by atoms with E-state index in [2.05, 4.69) is 5.32 Å². The molecule has 1 aliphatic heterocycles. The normalized spacial score (nSPS) is 16.8. The fraction of sp³-hybridized carbons (Fsp3) is 0.500. The molecule has 1 aromatic rings. The van der Waals surface area contributed by atoms with Crippen LogP contribution in [-0.4, -0.2) is 18.9 Å². The monoisotopic (exact) mass is 253 g/mol. The first-order chi connectivity index (χ1) is 8.65. The van der Waals surface area contributed by atoms with Gasteiger partial charge in [0.1, 0.15) is 11.6 Å². The number of ketones is 1. The standard InChI is InChI=1S/C14H17F2NO/c1-2-12(18)10-3-4-11(15)13(14(10)16)9-5-7-17-8-6-9/h3-4,9,17H,2,5-8H2,1H3. The van der Waals surface area contributed by atoms with Gasteiger partial charge in [-0.2, -0.15) is 0 Å². The smallest absolute Gasteiger partial charge is 0.165 e. The van der Waals surface area contributed by atoms with Gasteiger partial charge in [0.25, 0.3) is 0 Å². The van der Waals surface area contributed by atoms with Gasteiger partial charge in [-0.3, -0.25) is 4.79 Å². The summed E-state index contributed by atoms with van der Waals surface area (Å²) in [5.41, 5.74) is 0.114. The SMILES string of the molecule is CCC(=O)c1ccc(F)c(C2CCNCC2)c1F. The Morgan fingerprint density at radius 1 is 1.33 bits per heavy atom. The van der Waals surface area contributed by atoms with Crippen molar-refractivity contribution in [2.75, 3.05) is 13.1 Å². The number of carbonyl (C=O) groups is 1. The summed E-state index contributed by atoms with van der Waals surface area (Å²) in [6.45, 7) is 3.19. The van der Waals surface area contributed by atoms with Gasteiger partial charge in [0.15, 0.2) is 5.78 Å². The molecule has 1 N–H and O–H groups in total. The van der Waals surface area contributed by atoms with Crippen LogP contribution in [0.5, 0.6) is 0 Å². The number of piperidine rings is 1. The maximum Gasteiger partial charge on any atom is 0.165 e. The Morgan fingerprint density at radius 2 is 2.00 bits per heavy atom. The molecule has 0 unspecified atom stereocenters. The van der Waals surface area contributed by atoms with E-state index >= 15 is 0 Å². The molecule has 0 saturated carbocycles. The first kappa shape index (κ1) is 13.1. The number of rotatable bonds is 3. The topological polar surface area (TPSA) is 29.1 Å². The molecule has 18 heavy (non-hydrogen) atoms. The Morgan fingerprint density at radius 3 is 2.61 bits per heavy atom. The molecule has 98 valence electrons. The molecule has 0 amide bonds. The van der Waals surface area contributed by atoms with Crippen molar-refractivity contribution in [1.82, 2.24) is 5.32 Å². The zero-order valence-electron chi connectivity index (χ0n) is 10.4. The molecule has 0 bridgehead atoms. The van der Waals surface area contributed by atoms with Crippen LogP contribution in [-0.2, 0) is 0 Å². The highest BCUT2D eigenvalue weighted by molar-refractivity contribution is 5.96. The number of nitrogens with one attached hydrogen (secondary N) is 1. The highest BCUT2D eigenvalue weighted by Crippen LogP contribution is 2.31. The molecule has 0 aliphatic carbocycles. The fourth-order valence-corrected chi connectivity index (χ4v) is 2.46. The zero-order chi connectivity index (χ0) is 13.1. The first-order valence-corrected chi connectivity index (χ1v) is 6.37. The average molecular weight is 253 g/mol. The van der Waals surface area contributed by atoms with Crippen molar-refractivity contribution in [2.24, 2.45) is 0 Å². The van der Waals surface area contributed by atoms with Crippen molar-refractivity contribution < 1.29 is 13.6 Å². The van der Waals surface area contributed by atoms with Crippen LogP contribution in [0.2, 0.25) is 0 Å². The highest BCUT2D eigenvalue weighted by Gasteiger charge is 2.25. The van der Waals surface area contributed by atoms with Gasteiger partial charge in [-0.15, -0.1) is 0 Å². The number of Topliss-reactive ketones (excluding diaryl/α,β-unsaturated/α-hetero) is 1. The lowest BCUT2D eigenvalue weighted by molar-refractivity contribution is 0.0984. The molecule has 0 atom stereocenters. The molecule has 4 heteroatoms. The third-order valence-corrected chi connectivity index (χ3v) is 3.50. The van der Waals surface area contributed by atoms with Gasteiger partial charge < -0.3 is 5.32 Å². The highest BCUT2D eigenvalue weighted by atomic mass is 19.1. The third kappa shape index (κ3) is 2.43. The summed E-state index contributed by atoms with van der Waals surface area (Å²) in [5, 5.41) is 3.16. The van der Waals surface area contributed by atoms with Gasteiger partial charge in [0.05, 0.1) is 5.56 Å². The van der Waals surface area contributed by atoms with Gasteiger partial charge in [0, 0.05) is 12.0 Å². The minimum absolute atomic E-state index is 0.0208. The van der Waals surface area contributed by atoms with Crippen molar-refractivity contribution in [3.05, 3.63) is 34.9 Å². The molecule has 0 spiro atoms. The molecule has 0 radical (unpaired) electrons. The van der Waals surface area contributed by atoms with E-state index in [0.717, 1.165) is 13.1 Å². The quantitative estimate of drug-likeness (QED) is 0.839. The van der Waals surface area contributed by atoms with Crippen molar-refractivity contribution in [2.45, 2.75) is 32.1 Å². The number of halogens is 2. The van der Waals surface area contributed by atoms with Crippen LogP contribution in [0.25, 0.3) is 0 Å². The van der Waals surface area contributed by atoms with Crippen LogP contribution in [0.3, 0.4) is 0 Å². The Kier molecular flexibility index (Phi) is 4.07. The lowest BCUT2D eigenvalue weighted by Crippen LogP contribution is -2.27. The van der Waals surface area contributed by atoms with E-state index in [4.69, 9.17) is 0 Å². The lowest BCUT2D eigenvalue weighted by atomic mass is 9.87. The fourth-order valence-electron chi connectivity index (χ4n) is 2.46. The van der Waals surface area contributed by atoms with Crippen LogP contribution in [0.1, 0.15) is 48.0 Å². The molecule has 1 fully saturated rings. The molecule has 1 saturated heterocycles. The van der Waals surface area contributed by atoms with Crippen molar-refractivity contribution in [3.8, 4) is 0 Å². The van der Waals surface area contributed by atoms with Crippen molar-refractivity contribution >= 4 is 5.78 Å². The Labute approximate surface area is 105 Å². The van der Waals surface area contributed by atoms with E-state index in [0.29, 0.717) is 12.8 Å². The lowest BCUT2D eigenvalue weighted by Gasteiger charge is -2.24. The molecule has 1 aromatic carbocycles. The Balaban J connectivity index is 2.41. The molecule has 1 heterocycles. The average Bonchev–Trinajstić information content (AvgIpc) is 2.39. The van der Waals surface area contributed by atoms with Crippen molar-refractivity contribution in [3.63, 3.8) is 0 Å². The van der Waals surface area contributed by atoms with Crippen LogP contribution in [0, 0.1) is 11.6 Å². The van der Waals surface area contributed by atoms with Crippen LogP contribution < -0.4 is 5.32 Å². The molecular weight excluding hydrogens is 236 g/mol. The van der Waals surface area contributed by atoms with E-state index in [-0.39, 0.29) is 29.2 Å². The number of hydrogen-bond acceptors (Lipinski definition) is 2. The summed E-state index contributed by atoms with van der Waals surface area (Å²) in [7, 11) is 0. The number of carbonyl (C=O) groups excluding carboxylic acids is 1. The number of benzene rings is 1. The minimum Gasteiger partial charge on any atom is -0.317 e. The molecule has 1 aliphatic rings. The molecule has 0 aromatic heterocycles. The number of hydrogen-bond donors (Lipinski definition) is 1. The molecule has 2 nitrogen and oxygen atoms in total. The largest absolute Gasteiger partial charge is 0.317 e. The third-order valence-electron chi connectivity index (χ3n) is 3.50. The summed E-state index contributed by atoms with van der Waals surface area (Å²) in [4.78, 5) is 11.6. The van der Waals surface area contributed by atoms with Crippen LogP contribution >= 0.6 is 0 Å². The van der Waals surface area contributed by atoms with Gasteiger partial charge in [0.2, 0.25) is 0 Å². The minimum atomic E-state index is -0.659. The summed E-state index contributed by atoms with van der Waals surface area (Å²) >= 11 is 0. The first-order valence-electron chi connectivity index (χ1n) is 6.37. The van der Waals surface area contributed by atoms with Gasteiger partial charge >= 0.3 is 0 Å². The van der Waals surface area contributed by atoms with E-state index < -0.39 is 11.6 Å². The van der Waals surface area contributed by atoms with E-state index in [1.54, 1.807) is 6.92 Å². The van der Waals surface area contributed by atoms with Gasteiger partial charge in [-0.05, 0) is 44.0 Å². The van der Waals surface area contributed by atoms with Gasteiger partial charge in [-0.25, -0.2) is 8.78 Å². The summed E-state index contributed by atoms with van der Waals surface area (Å²) in [6, 6.07) is 2.46. The second-order valence-electron chi connectivity index (χ2n) is 4.62. The predicted molar refractivity (Wildman–Crippen MR) is 65.8 cm³/mol. The van der Waals surface area contributed by atoms with E-state index in [9.17, 15) is 13.6 Å². The van der Waals surface area contributed by atoms with Crippen LogP contribution in [0.4, 0.5) is 8.78 Å². The predicted octanol–water partition coefficient (Wildman–Crippen LogP) is 3.02. The Bertz CT molecular complexity index is 453. The summed E-state index contributed by atoms with van der Waals surface area (Å²) in [5.74, 6) is -1.60. The zero-order valence-corrected chi connectivity index (χ0v) is 10.4. The van der Waals surface area contributed by atoms with Crippen LogP contribution in [0.15, 0.2) is 12.1 Å². The van der Waals surface area contributed by atoms with E-state index in [1.807, 2.05) is 0 Å².